The average molecular weight is 587 g/mol. The number of ether oxygens (including phenoxy) is 2. The van der Waals surface area contributed by atoms with Crippen LogP contribution in [0.15, 0.2) is 52.0 Å². The lowest BCUT2D eigenvalue weighted by Gasteiger charge is -2.30. The summed E-state index contributed by atoms with van der Waals surface area (Å²) in [6.45, 7) is 5.05. The number of nitrogens with one attached hydrogen (secondary N) is 1. The maximum absolute atomic E-state index is 6.29. The maximum Gasteiger partial charge on any atom is 0.250 e. The molecule has 194 valence electrons. The Morgan fingerprint density at radius 3 is 2.46 bits per heavy atom. The Morgan fingerprint density at radius 1 is 0.973 bits per heavy atom. The highest BCUT2D eigenvalue weighted by molar-refractivity contribution is 9.10. The van der Waals surface area contributed by atoms with Crippen LogP contribution in [0.3, 0.4) is 0 Å². The number of aromatic nitrogens is 3. The predicted octanol–water partition coefficient (Wildman–Crippen LogP) is 5.14. The van der Waals surface area contributed by atoms with Crippen molar-refractivity contribution in [3.8, 4) is 5.75 Å². The topological polar surface area (TPSA) is 88.0 Å². The van der Waals surface area contributed by atoms with Crippen LogP contribution in [0.2, 0.25) is 5.02 Å². The molecule has 0 unspecified atom stereocenters. The summed E-state index contributed by atoms with van der Waals surface area (Å²) in [7, 11) is 0. The van der Waals surface area contributed by atoms with Gasteiger partial charge in [-0.15, -0.1) is 0 Å². The van der Waals surface area contributed by atoms with Crippen LogP contribution in [-0.4, -0.2) is 60.6 Å². The lowest BCUT2D eigenvalue weighted by Crippen LogP contribution is -2.38. The molecule has 0 saturated carbocycles. The van der Waals surface area contributed by atoms with E-state index in [-0.39, 0.29) is 0 Å². The van der Waals surface area contributed by atoms with Crippen molar-refractivity contribution in [2.24, 2.45) is 5.10 Å². The van der Waals surface area contributed by atoms with Gasteiger partial charge in [0.25, 0.3) is 0 Å². The molecule has 2 aliphatic heterocycles. The number of hydrazone groups is 1. The molecule has 2 fully saturated rings. The first-order chi connectivity index (χ1) is 18.2. The highest BCUT2D eigenvalue weighted by Crippen LogP contribution is 2.25. The zero-order valence-corrected chi connectivity index (χ0v) is 22.8. The molecule has 0 amide bonds. The van der Waals surface area contributed by atoms with E-state index >= 15 is 0 Å². The zero-order chi connectivity index (χ0) is 25.5. The lowest BCUT2D eigenvalue weighted by atomic mass is 10.1. The van der Waals surface area contributed by atoms with Crippen molar-refractivity contribution >= 4 is 51.6 Å². The minimum atomic E-state index is 0.352. The Labute approximate surface area is 230 Å². The molecular weight excluding hydrogens is 558 g/mol. The minimum Gasteiger partial charge on any atom is -0.488 e. The first-order valence-corrected chi connectivity index (χ1v) is 13.6. The van der Waals surface area contributed by atoms with Crippen LogP contribution in [0.1, 0.15) is 30.4 Å². The molecule has 0 spiro atoms. The molecule has 5 rings (SSSR count). The molecule has 0 bridgehead atoms. The molecule has 2 aromatic carbocycles. The van der Waals surface area contributed by atoms with Crippen molar-refractivity contribution in [1.82, 2.24) is 15.0 Å². The predicted molar refractivity (Wildman–Crippen MR) is 150 cm³/mol. The second-order valence-corrected chi connectivity index (χ2v) is 10.2. The largest absolute Gasteiger partial charge is 0.488 e. The summed E-state index contributed by atoms with van der Waals surface area (Å²) < 4.78 is 12.5. The van der Waals surface area contributed by atoms with Crippen LogP contribution >= 0.6 is 27.5 Å². The van der Waals surface area contributed by atoms with E-state index < -0.39 is 0 Å². The third-order valence-corrected chi connectivity index (χ3v) is 7.09. The Bertz CT molecular complexity index is 1200. The van der Waals surface area contributed by atoms with E-state index in [0.29, 0.717) is 48.4 Å². The first-order valence-electron chi connectivity index (χ1n) is 12.4. The van der Waals surface area contributed by atoms with E-state index in [1.807, 2.05) is 42.5 Å². The third-order valence-electron chi connectivity index (χ3n) is 6.23. The highest BCUT2D eigenvalue weighted by Gasteiger charge is 2.20. The Kier molecular flexibility index (Phi) is 8.70. The molecule has 2 aliphatic rings. The molecule has 9 nitrogen and oxygen atoms in total. The monoisotopic (exact) mass is 585 g/mol. The fourth-order valence-corrected chi connectivity index (χ4v) is 4.80. The van der Waals surface area contributed by atoms with Crippen LogP contribution in [0, 0.1) is 0 Å². The maximum atomic E-state index is 6.29. The normalized spacial score (nSPS) is 16.3. The summed E-state index contributed by atoms with van der Waals surface area (Å²) in [5.41, 5.74) is 4.73. The number of halogens is 2. The van der Waals surface area contributed by atoms with Crippen molar-refractivity contribution in [2.75, 3.05) is 54.6 Å². The van der Waals surface area contributed by atoms with Gasteiger partial charge in [-0.25, -0.2) is 5.43 Å². The number of benzene rings is 2. The van der Waals surface area contributed by atoms with Crippen LogP contribution in [-0.2, 0) is 11.3 Å². The van der Waals surface area contributed by atoms with Gasteiger partial charge < -0.3 is 19.3 Å². The Hall–Kier alpha value is -2.95. The Morgan fingerprint density at radius 2 is 1.70 bits per heavy atom. The van der Waals surface area contributed by atoms with Crippen LogP contribution < -0.4 is 20.0 Å². The summed E-state index contributed by atoms with van der Waals surface area (Å²) in [4.78, 5) is 18.5. The van der Waals surface area contributed by atoms with E-state index in [4.69, 9.17) is 26.1 Å². The van der Waals surface area contributed by atoms with Gasteiger partial charge in [-0.1, -0.05) is 45.7 Å². The average Bonchev–Trinajstić information content (AvgIpc) is 2.94. The molecule has 2 saturated heterocycles. The SMILES string of the molecule is Clc1ccccc1COc1ccc(Br)cc1/C=N\Nc1nc(N2CCCCC2)nc(N2CCOCC2)n1. The zero-order valence-electron chi connectivity index (χ0n) is 20.4. The van der Waals surface area contributed by atoms with Crippen molar-refractivity contribution in [3.05, 3.63) is 63.1 Å². The second-order valence-electron chi connectivity index (χ2n) is 8.84. The van der Waals surface area contributed by atoms with Gasteiger partial charge in [0.15, 0.2) is 0 Å². The molecular formula is C26H29BrClN7O2. The van der Waals surface area contributed by atoms with E-state index in [1.54, 1.807) is 6.21 Å². The van der Waals surface area contributed by atoms with Crippen molar-refractivity contribution in [3.63, 3.8) is 0 Å². The van der Waals surface area contributed by atoms with Gasteiger partial charge in [-0.3, -0.25) is 0 Å². The molecule has 0 atom stereocenters. The van der Waals surface area contributed by atoms with Gasteiger partial charge in [0.05, 0.1) is 19.4 Å². The quantitative estimate of drug-likeness (QED) is 0.287. The van der Waals surface area contributed by atoms with Gasteiger partial charge in [0, 0.05) is 46.8 Å². The number of piperidine rings is 1. The summed E-state index contributed by atoms with van der Waals surface area (Å²) in [5.74, 6) is 2.41. The fraction of sp³-hybridized carbons (Fsp3) is 0.385. The molecule has 37 heavy (non-hydrogen) atoms. The number of hydrogen-bond acceptors (Lipinski definition) is 9. The number of rotatable bonds is 8. The van der Waals surface area contributed by atoms with Gasteiger partial charge in [0.1, 0.15) is 12.4 Å². The van der Waals surface area contributed by atoms with Crippen LogP contribution in [0.4, 0.5) is 17.8 Å². The lowest BCUT2D eigenvalue weighted by molar-refractivity contribution is 0.122. The molecule has 1 aromatic heterocycles. The fourth-order valence-electron chi connectivity index (χ4n) is 4.23. The minimum absolute atomic E-state index is 0.352. The van der Waals surface area contributed by atoms with E-state index in [0.717, 1.165) is 54.6 Å². The molecule has 0 radical (unpaired) electrons. The molecule has 3 aromatic rings. The smallest absolute Gasteiger partial charge is 0.250 e. The Balaban J connectivity index is 1.34. The standard InChI is InChI=1S/C26H29BrClN7O2/c27-21-8-9-23(37-18-19-6-2-3-7-22(19)28)20(16-21)17-29-33-24-30-25(34-10-4-1-5-11-34)32-26(31-24)35-12-14-36-15-13-35/h2-3,6-9,16-17H,1,4-5,10-15,18H2,(H,30,31,32,33)/b29-17-. The van der Waals surface area contributed by atoms with Crippen molar-refractivity contribution < 1.29 is 9.47 Å². The van der Waals surface area contributed by atoms with E-state index in [9.17, 15) is 0 Å². The van der Waals surface area contributed by atoms with Crippen molar-refractivity contribution in [1.29, 1.82) is 0 Å². The van der Waals surface area contributed by atoms with Gasteiger partial charge in [0.2, 0.25) is 17.8 Å². The molecule has 0 aliphatic carbocycles. The summed E-state index contributed by atoms with van der Waals surface area (Å²) >= 11 is 9.82. The first kappa shape index (κ1) is 25.7. The van der Waals surface area contributed by atoms with Gasteiger partial charge >= 0.3 is 0 Å². The third kappa shape index (κ3) is 6.88. The van der Waals surface area contributed by atoms with E-state index in [1.165, 1.54) is 6.42 Å². The second kappa shape index (κ2) is 12.5. The number of anilines is 3. The van der Waals surface area contributed by atoms with Crippen LogP contribution in [0.5, 0.6) is 5.75 Å². The number of nitrogens with zero attached hydrogens (tertiary/aromatic N) is 6. The van der Waals surface area contributed by atoms with Gasteiger partial charge in [-0.2, -0.15) is 20.1 Å². The molecule has 1 N–H and O–H groups in total. The number of morpholine rings is 1. The summed E-state index contributed by atoms with van der Waals surface area (Å²) in [5, 5.41) is 5.12. The number of hydrogen-bond donors (Lipinski definition) is 1. The van der Waals surface area contributed by atoms with E-state index in [2.05, 4.69) is 46.2 Å². The molecule has 3 heterocycles. The molecule has 11 heteroatoms. The van der Waals surface area contributed by atoms with Gasteiger partial charge in [-0.05, 0) is 43.5 Å². The summed E-state index contributed by atoms with van der Waals surface area (Å²) in [6, 6.07) is 13.4. The highest BCUT2D eigenvalue weighted by atomic mass is 79.9. The van der Waals surface area contributed by atoms with Crippen LogP contribution in [0.25, 0.3) is 0 Å². The van der Waals surface area contributed by atoms with Crippen molar-refractivity contribution in [2.45, 2.75) is 25.9 Å². The summed E-state index contributed by atoms with van der Waals surface area (Å²) in [6.07, 6.45) is 5.21.